The Balaban J connectivity index is 2.19. The average molecular weight is 299 g/mol. The monoisotopic (exact) mass is 299 g/mol. The van der Waals surface area contributed by atoms with Crippen LogP contribution in [0.25, 0.3) is 0 Å². The lowest BCUT2D eigenvalue weighted by molar-refractivity contribution is -0.149. The van der Waals surface area contributed by atoms with Crippen LogP contribution in [0.15, 0.2) is 17.5 Å². The SMILES string of the molecule is CCCCC(=O)N1C(C(=O)O)CSC1c1cccs1. The van der Waals surface area contributed by atoms with Crippen LogP contribution < -0.4 is 0 Å². The smallest absolute Gasteiger partial charge is 0.327 e. The summed E-state index contributed by atoms with van der Waals surface area (Å²) in [5.41, 5.74) is 0. The van der Waals surface area contributed by atoms with Crippen LogP contribution in [0.4, 0.5) is 0 Å². The normalized spacial score (nSPS) is 22.7. The second-order valence-corrected chi connectivity index (χ2v) is 6.55. The number of unbranched alkanes of at least 4 members (excludes halogenated alkanes) is 1. The largest absolute Gasteiger partial charge is 0.480 e. The topological polar surface area (TPSA) is 57.6 Å². The van der Waals surface area contributed by atoms with Crippen molar-refractivity contribution >= 4 is 35.0 Å². The van der Waals surface area contributed by atoms with Crippen LogP contribution in [0.3, 0.4) is 0 Å². The van der Waals surface area contributed by atoms with E-state index in [1.807, 2.05) is 24.4 Å². The lowest BCUT2D eigenvalue weighted by atomic mass is 10.2. The molecule has 0 aliphatic carbocycles. The van der Waals surface area contributed by atoms with Crippen molar-refractivity contribution in [1.82, 2.24) is 4.90 Å². The van der Waals surface area contributed by atoms with E-state index in [4.69, 9.17) is 0 Å². The zero-order valence-electron chi connectivity index (χ0n) is 10.7. The van der Waals surface area contributed by atoms with Gasteiger partial charge in [0, 0.05) is 17.1 Å². The molecule has 1 aliphatic rings. The Morgan fingerprint density at radius 1 is 1.53 bits per heavy atom. The number of carboxylic acid groups (broad SMARTS) is 1. The van der Waals surface area contributed by atoms with Crippen molar-refractivity contribution in [1.29, 1.82) is 0 Å². The highest BCUT2D eigenvalue weighted by Crippen LogP contribution is 2.43. The maximum atomic E-state index is 12.3. The third-order valence-corrected chi connectivity index (χ3v) is 5.48. The van der Waals surface area contributed by atoms with E-state index in [2.05, 4.69) is 0 Å². The van der Waals surface area contributed by atoms with Crippen LogP contribution in [0.5, 0.6) is 0 Å². The van der Waals surface area contributed by atoms with E-state index in [1.165, 1.54) is 0 Å². The van der Waals surface area contributed by atoms with Crippen LogP contribution in [-0.2, 0) is 9.59 Å². The first kappa shape index (κ1) is 14.4. The fourth-order valence-electron chi connectivity index (χ4n) is 2.11. The summed E-state index contributed by atoms with van der Waals surface area (Å²) in [4.78, 5) is 26.2. The van der Waals surface area contributed by atoms with Gasteiger partial charge in [-0.15, -0.1) is 23.1 Å². The molecule has 1 saturated heterocycles. The van der Waals surface area contributed by atoms with Gasteiger partial charge in [0.25, 0.3) is 0 Å². The molecule has 1 fully saturated rings. The van der Waals surface area contributed by atoms with Crippen molar-refractivity contribution in [3.8, 4) is 0 Å². The van der Waals surface area contributed by atoms with Crippen molar-refractivity contribution in [3.05, 3.63) is 22.4 Å². The zero-order chi connectivity index (χ0) is 13.8. The predicted molar refractivity (Wildman–Crippen MR) is 77.3 cm³/mol. The van der Waals surface area contributed by atoms with E-state index in [9.17, 15) is 14.7 Å². The number of thioether (sulfide) groups is 1. The number of carbonyl (C=O) groups is 2. The molecule has 1 amide bonds. The standard InChI is InChI=1S/C13H17NO3S2/c1-2-3-6-11(15)14-9(13(16)17)8-19-12(14)10-5-4-7-18-10/h4-5,7,9,12H,2-3,6,8H2,1H3,(H,16,17). The lowest BCUT2D eigenvalue weighted by Crippen LogP contribution is -2.42. The van der Waals surface area contributed by atoms with Crippen LogP contribution in [0.2, 0.25) is 0 Å². The summed E-state index contributed by atoms with van der Waals surface area (Å²) in [7, 11) is 0. The summed E-state index contributed by atoms with van der Waals surface area (Å²) in [5.74, 6) is -0.482. The molecule has 1 N–H and O–H groups in total. The van der Waals surface area contributed by atoms with Gasteiger partial charge in [0.2, 0.25) is 5.91 Å². The molecule has 0 saturated carbocycles. The van der Waals surface area contributed by atoms with Gasteiger partial charge in [-0.25, -0.2) is 4.79 Å². The Bertz CT molecular complexity index is 447. The molecule has 4 nitrogen and oxygen atoms in total. The molecule has 1 aliphatic heterocycles. The van der Waals surface area contributed by atoms with Gasteiger partial charge in [0.15, 0.2) is 0 Å². The van der Waals surface area contributed by atoms with Crippen LogP contribution in [-0.4, -0.2) is 33.7 Å². The molecule has 0 bridgehead atoms. The van der Waals surface area contributed by atoms with E-state index in [0.717, 1.165) is 17.7 Å². The van der Waals surface area contributed by atoms with E-state index in [0.29, 0.717) is 12.2 Å². The predicted octanol–water partition coefficient (Wildman–Crippen LogP) is 2.97. The van der Waals surface area contributed by atoms with E-state index >= 15 is 0 Å². The molecule has 0 aromatic carbocycles. The second-order valence-electron chi connectivity index (χ2n) is 4.46. The Labute approximate surface area is 120 Å². The summed E-state index contributed by atoms with van der Waals surface area (Å²) in [6.45, 7) is 2.03. The fraction of sp³-hybridized carbons (Fsp3) is 0.538. The minimum absolute atomic E-state index is 0.0438. The van der Waals surface area contributed by atoms with Crippen molar-refractivity contribution in [2.75, 3.05) is 5.75 Å². The van der Waals surface area contributed by atoms with E-state index in [-0.39, 0.29) is 11.3 Å². The molecule has 0 radical (unpaired) electrons. The Hall–Kier alpha value is -1.01. The van der Waals surface area contributed by atoms with Crippen LogP contribution >= 0.6 is 23.1 Å². The molecule has 2 rings (SSSR count). The highest BCUT2D eigenvalue weighted by molar-refractivity contribution is 7.99. The minimum atomic E-state index is -0.906. The summed E-state index contributed by atoms with van der Waals surface area (Å²) in [5, 5.41) is 11.1. The van der Waals surface area contributed by atoms with Gasteiger partial charge in [-0.2, -0.15) is 0 Å². The molecule has 1 aromatic heterocycles. The number of rotatable bonds is 5. The van der Waals surface area contributed by atoms with Gasteiger partial charge in [-0.05, 0) is 17.9 Å². The van der Waals surface area contributed by atoms with Gasteiger partial charge in [0.05, 0.1) is 0 Å². The number of nitrogens with zero attached hydrogens (tertiary/aromatic N) is 1. The Morgan fingerprint density at radius 3 is 2.89 bits per heavy atom. The third kappa shape index (κ3) is 3.12. The number of carbonyl (C=O) groups excluding carboxylic acids is 1. The highest BCUT2D eigenvalue weighted by Gasteiger charge is 2.42. The summed E-state index contributed by atoms with van der Waals surface area (Å²) < 4.78 is 0. The van der Waals surface area contributed by atoms with Gasteiger partial charge >= 0.3 is 5.97 Å². The number of hydrogen-bond donors (Lipinski definition) is 1. The third-order valence-electron chi connectivity index (χ3n) is 3.10. The molecule has 0 spiro atoms. The minimum Gasteiger partial charge on any atom is -0.480 e. The van der Waals surface area contributed by atoms with Crippen LogP contribution in [0, 0.1) is 0 Å². The molecule has 104 valence electrons. The van der Waals surface area contributed by atoms with E-state index in [1.54, 1.807) is 28.0 Å². The maximum absolute atomic E-state index is 12.3. The summed E-state index contributed by atoms with van der Waals surface area (Å²) >= 11 is 3.11. The van der Waals surface area contributed by atoms with E-state index < -0.39 is 12.0 Å². The molecule has 2 heterocycles. The summed E-state index contributed by atoms with van der Waals surface area (Å²) in [6.07, 6.45) is 2.18. The second kappa shape index (κ2) is 6.43. The highest BCUT2D eigenvalue weighted by atomic mass is 32.2. The number of thiophene rings is 1. The van der Waals surface area contributed by atoms with Crippen molar-refractivity contribution < 1.29 is 14.7 Å². The fourth-order valence-corrected chi connectivity index (χ4v) is 4.52. The van der Waals surface area contributed by atoms with Gasteiger partial charge in [-0.1, -0.05) is 19.4 Å². The molecule has 2 atom stereocenters. The lowest BCUT2D eigenvalue weighted by Gasteiger charge is -2.26. The first-order chi connectivity index (χ1) is 9.15. The van der Waals surface area contributed by atoms with Gasteiger partial charge < -0.3 is 10.0 Å². The van der Waals surface area contributed by atoms with Crippen molar-refractivity contribution in [2.45, 2.75) is 37.6 Å². The van der Waals surface area contributed by atoms with Crippen molar-refractivity contribution in [2.24, 2.45) is 0 Å². The van der Waals surface area contributed by atoms with Crippen LogP contribution in [0.1, 0.15) is 36.4 Å². The molecule has 2 unspecified atom stereocenters. The first-order valence-corrected chi connectivity index (χ1v) is 8.27. The first-order valence-electron chi connectivity index (χ1n) is 6.34. The molecule has 19 heavy (non-hydrogen) atoms. The summed E-state index contributed by atoms with van der Waals surface area (Å²) in [6, 6.07) is 3.21. The molecule has 1 aromatic rings. The Kier molecular flexibility index (Phi) is 4.87. The van der Waals surface area contributed by atoms with Crippen molar-refractivity contribution in [3.63, 3.8) is 0 Å². The van der Waals surface area contributed by atoms with Gasteiger partial charge in [0.1, 0.15) is 11.4 Å². The number of amides is 1. The number of carboxylic acids is 1. The van der Waals surface area contributed by atoms with Gasteiger partial charge in [-0.3, -0.25) is 4.79 Å². The average Bonchev–Trinajstić information content (AvgIpc) is 3.02. The molecular formula is C13H17NO3S2. The number of hydrogen-bond acceptors (Lipinski definition) is 4. The molecular weight excluding hydrogens is 282 g/mol. The number of aliphatic carboxylic acids is 1. The molecule has 6 heteroatoms. The zero-order valence-corrected chi connectivity index (χ0v) is 12.4. The Morgan fingerprint density at radius 2 is 2.32 bits per heavy atom. The maximum Gasteiger partial charge on any atom is 0.327 e. The quantitative estimate of drug-likeness (QED) is 0.908.